The van der Waals surface area contributed by atoms with Gasteiger partial charge in [-0.1, -0.05) is 37.5 Å². The highest BCUT2D eigenvalue weighted by molar-refractivity contribution is 5.97. The van der Waals surface area contributed by atoms with Gasteiger partial charge < -0.3 is 14.8 Å². The molecule has 7 heteroatoms. The lowest BCUT2D eigenvalue weighted by Crippen LogP contribution is -2.48. The number of hydrogen-bond acceptors (Lipinski definition) is 5. The third-order valence-corrected chi connectivity index (χ3v) is 3.95. The zero-order valence-electron chi connectivity index (χ0n) is 14.3. The largest absolute Gasteiger partial charge is 0.482 e. The number of urea groups is 1. The normalized spacial score (nSPS) is 15.7. The second-order valence-electron chi connectivity index (χ2n) is 6.03. The van der Waals surface area contributed by atoms with Gasteiger partial charge in [-0.2, -0.15) is 0 Å². The number of carbonyl (C=O) groups excluding carboxylic acids is 3. The molecule has 0 spiro atoms. The molecule has 1 aliphatic rings. The minimum atomic E-state index is -1.08. The zero-order valence-corrected chi connectivity index (χ0v) is 14.3. The topological polar surface area (TPSA) is 93.7 Å². The summed E-state index contributed by atoms with van der Waals surface area (Å²) in [5.41, 5.74) is 0. The Kier molecular flexibility index (Phi) is 7.25. The van der Waals surface area contributed by atoms with E-state index in [1.807, 2.05) is 6.07 Å². The number of imide groups is 1. The average molecular weight is 348 g/mol. The van der Waals surface area contributed by atoms with Crippen molar-refractivity contribution in [1.82, 2.24) is 10.6 Å². The van der Waals surface area contributed by atoms with E-state index >= 15 is 0 Å². The molecule has 25 heavy (non-hydrogen) atoms. The van der Waals surface area contributed by atoms with Crippen molar-refractivity contribution in [1.29, 1.82) is 0 Å². The Labute approximate surface area is 147 Å². The van der Waals surface area contributed by atoms with Crippen LogP contribution in [0.1, 0.15) is 39.0 Å². The first-order valence-corrected chi connectivity index (χ1v) is 8.53. The number of amides is 3. The van der Waals surface area contributed by atoms with E-state index in [0.717, 1.165) is 25.7 Å². The third-order valence-electron chi connectivity index (χ3n) is 3.95. The van der Waals surface area contributed by atoms with Crippen molar-refractivity contribution < 1.29 is 23.9 Å². The van der Waals surface area contributed by atoms with Crippen LogP contribution in [0, 0.1) is 0 Å². The molecular weight excluding hydrogens is 324 g/mol. The molecule has 0 saturated heterocycles. The molecule has 7 nitrogen and oxygen atoms in total. The first-order chi connectivity index (χ1) is 12.0. The van der Waals surface area contributed by atoms with Crippen molar-refractivity contribution in [2.75, 3.05) is 6.61 Å². The van der Waals surface area contributed by atoms with E-state index in [9.17, 15) is 14.4 Å². The van der Waals surface area contributed by atoms with Crippen LogP contribution in [0.3, 0.4) is 0 Å². The minimum absolute atomic E-state index is 0.0960. The van der Waals surface area contributed by atoms with Crippen LogP contribution >= 0.6 is 0 Å². The maximum atomic E-state index is 11.9. The lowest BCUT2D eigenvalue weighted by Gasteiger charge is -2.23. The number of nitrogens with one attached hydrogen (secondary N) is 2. The van der Waals surface area contributed by atoms with E-state index in [0.29, 0.717) is 5.75 Å². The molecule has 1 aromatic carbocycles. The van der Waals surface area contributed by atoms with E-state index in [4.69, 9.17) is 9.47 Å². The summed E-state index contributed by atoms with van der Waals surface area (Å²) < 4.78 is 10.2. The Morgan fingerprint density at radius 1 is 1.12 bits per heavy atom. The number of rotatable bonds is 6. The molecular formula is C18H24N2O5. The monoisotopic (exact) mass is 348 g/mol. The lowest BCUT2D eigenvalue weighted by molar-refractivity contribution is -0.156. The molecule has 0 aliphatic heterocycles. The van der Waals surface area contributed by atoms with Gasteiger partial charge in [-0.3, -0.25) is 10.1 Å². The van der Waals surface area contributed by atoms with E-state index < -0.39 is 24.0 Å². The number of carbonyl (C=O) groups is 3. The summed E-state index contributed by atoms with van der Waals surface area (Å²) in [4.78, 5) is 35.4. The zero-order chi connectivity index (χ0) is 18.1. The maximum absolute atomic E-state index is 11.9. The van der Waals surface area contributed by atoms with Crippen LogP contribution in [0.5, 0.6) is 5.75 Å². The summed E-state index contributed by atoms with van der Waals surface area (Å²) in [6, 6.07) is 8.34. The first-order valence-electron chi connectivity index (χ1n) is 8.53. The fourth-order valence-electron chi connectivity index (χ4n) is 2.63. The fourth-order valence-corrected chi connectivity index (χ4v) is 2.63. The van der Waals surface area contributed by atoms with Crippen molar-refractivity contribution in [2.45, 2.75) is 51.2 Å². The van der Waals surface area contributed by atoms with Crippen molar-refractivity contribution in [2.24, 2.45) is 0 Å². The summed E-state index contributed by atoms with van der Waals surface area (Å²) in [6.45, 7) is 1.10. The lowest BCUT2D eigenvalue weighted by atomic mass is 9.96. The second-order valence-corrected chi connectivity index (χ2v) is 6.03. The maximum Gasteiger partial charge on any atom is 0.344 e. The molecule has 2 rings (SSSR count). The van der Waals surface area contributed by atoms with Crippen LogP contribution in [0.15, 0.2) is 30.3 Å². The van der Waals surface area contributed by atoms with Crippen molar-refractivity contribution in [3.05, 3.63) is 30.3 Å². The molecule has 1 aromatic rings. The van der Waals surface area contributed by atoms with Crippen LogP contribution in [0.2, 0.25) is 0 Å². The SMILES string of the molecule is C[C@H](OC(=O)COc1ccccc1)C(=O)NC(=O)NC1CCCCC1. The fraction of sp³-hybridized carbons (Fsp3) is 0.500. The second kappa shape index (κ2) is 9.66. The number of benzene rings is 1. The van der Waals surface area contributed by atoms with Crippen molar-refractivity contribution >= 4 is 17.9 Å². The van der Waals surface area contributed by atoms with E-state index in [1.54, 1.807) is 24.3 Å². The van der Waals surface area contributed by atoms with Crippen molar-refractivity contribution in [3.8, 4) is 5.75 Å². The van der Waals surface area contributed by atoms with Crippen LogP contribution in [-0.2, 0) is 14.3 Å². The Hall–Kier alpha value is -2.57. The molecule has 136 valence electrons. The summed E-state index contributed by atoms with van der Waals surface area (Å²) in [6.07, 6.45) is 4.09. The Balaban J connectivity index is 1.68. The van der Waals surface area contributed by atoms with Gasteiger partial charge in [0.15, 0.2) is 12.7 Å². The molecule has 2 N–H and O–H groups in total. The minimum Gasteiger partial charge on any atom is -0.482 e. The van der Waals surface area contributed by atoms with Gasteiger partial charge in [-0.05, 0) is 31.9 Å². The highest BCUT2D eigenvalue weighted by Crippen LogP contribution is 2.17. The van der Waals surface area contributed by atoms with Gasteiger partial charge in [0.25, 0.3) is 5.91 Å². The molecule has 0 unspecified atom stereocenters. The number of hydrogen-bond donors (Lipinski definition) is 2. The van der Waals surface area contributed by atoms with Gasteiger partial charge in [0.1, 0.15) is 5.75 Å². The molecule has 1 saturated carbocycles. The van der Waals surface area contributed by atoms with E-state index in [2.05, 4.69) is 10.6 Å². The van der Waals surface area contributed by atoms with Crippen LogP contribution in [-0.4, -0.2) is 36.7 Å². The third kappa shape index (κ3) is 6.82. The number of esters is 1. The Morgan fingerprint density at radius 3 is 2.48 bits per heavy atom. The Morgan fingerprint density at radius 2 is 1.80 bits per heavy atom. The summed E-state index contributed by atoms with van der Waals surface area (Å²) in [5, 5.41) is 4.97. The molecule has 1 atom stereocenters. The van der Waals surface area contributed by atoms with Gasteiger partial charge in [-0.15, -0.1) is 0 Å². The molecule has 3 amide bonds. The van der Waals surface area contributed by atoms with Crippen LogP contribution in [0.4, 0.5) is 4.79 Å². The summed E-state index contributed by atoms with van der Waals surface area (Å²) in [7, 11) is 0. The predicted molar refractivity (Wildman–Crippen MR) is 91.0 cm³/mol. The molecule has 1 fully saturated rings. The van der Waals surface area contributed by atoms with Gasteiger partial charge in [0.05, 0.1) is 0 Å². The molecule has 0 aromatic heterocycles. The van der Waals surface area contributed by atoms with Crippen LogP contribution < -0.4 is 15.4 Å². The summed E-state index contributed by atoms with van der Waals surface area (Å²) in [5.74, 6) is -0.816. The van der Waals surface area contributed by atoms with Gasteiger partial charge in [0, 0.05) is 6.04 Å². The Bertz CT molecular complexity index is 584. The van der Waals surface area contributed by atoms with E-state index in [1.165, 1.54) is 13.3 Å². The van der Waals surface area contributed by atoms with Gasteiger partial charge in [0.2, 0.25) is 0 Å². The number of ether oxygens (including phenoxy) is 2. The molecule has 1 aliphatic carbocycles. The first kappa shape index (κ1) is 18.8. The molecule has 0 heterocycles. The van der Waals surface area contributed by atoms with Gasteiger partial charge in [-0.25, -0.2) is 9.59 Å². The smallest absolute Gasteiger partial charge is 0.344 e. The van der Waals surface area contributed by atoms with E-state index in [-0.39, 0.29) is 12.6 Å². The highest BCUT2D eigenvalue weighted by Gasteiger charge is 2.22. The molecule has 0 radical (unpaired) electrons. The van der Waals surface area contributed by atoms with Crippen molar-refractivity contribution in [3.63, 3.8) is 0 Å². The quantitative estimate of drug-likeness (QED) is 0.768. The van der Waals surface area contributed by atoms with Gasteiger partial charge >= 0.3 is 12.0 Å². The summed E-state index contributed by atoms with van der Waals surface area (Å²) >= 11 is 0. The highest BCUT2D eigenvalue weighted by atomic mass is 16.6. The predicted octanol–water partition coefficient (Wildman–Crippen LogP) is 2.16. The van der Waals surface area contributed by atoms with Crippen LogP contribution in [0.25, 0.3) is 0 Å². The molecule has 0 bridgehead atoms. The average Bonchev–Trinajstić information content (AvgIpc) is 2.61. The standard InChI is InChI=1S/C18H24N2O5/c1-13(25-16(21)12-24-15-10-6-3-7-11-15)17(22)20-18(23)19-14-8-4-2-5-9-14/h3,6-7,10-11,13-14H,2,4-5,8-9,12H2,1H3,(H2,19,20,22,23)/t13-/m0/s1. The number of para-hydroxylation sites is 1.